The van der Waals surface area contributed by atoms with E-state index in [0.29, 0.717) is 29.3 Å². The number of rotatable bonds is 10. The Hall–Kier alpha value is -3.57. The summed E-state index contributed by atoms with van der Waals surface area (Å²) in [5.74, 6) is -0.144. The topological polar surface area (TPSA) is 72.0 Å². The zero-order valence-corrected chi connectivity index (χ0v) is 22.6. The van der Waals surface area contributed by atoms with E-state index in [0.717, 1.165) is 61.8 Å². The largest absolute Gasteiger partial charge is 0.346 e. The molecule has 0 bridgehead atoms. The predicted octanol–water partition coefficient (Wildman–Crippen LogP) is 7.34. The van der Waals surface area contributed by atoms with Gasteiger partial charge in [-0.2, -0.15) is 0 Å². The molecule has 0 saturated carbocycles. The maximum absolute atomic E-state index is 13.0. The normalized spacial score (nSPS) is 15.4. The molecule has 1 unspecified atom stereocenters. The number of aromatic nitrogens is 2. The number of nitrogens with one attached hydrogen (secondary N) is 1. The Kier molecular flexibility index (Phi) is 9.99. The lowest BCUT2D eigenvalue weighted by Crippen LogP contribution is -2.27. The number of aryl methyl sites for hydroxylation is 2. The van der Waals surface area contributed by atoms with Crippen molar-refractivity contribution in [1.82, 2.24) is 15.3 Å². The Balaban J connectivity index is 1.61. The van der Waals surface area contributed by atoms with E-state index in [-0.39, 0.29) is 11.9 Å². The number of carbonyl (C=O) groups is 2. The number of hydrogen-bond donors (Lipinski definition) is 1. The first kappa shape index (κ1) is 27.5. The van der Waals surface area contributed by atoms with E-state index in [1.54, 1.807) is 12.2 Å². The van der Waals surface area contributed by atoms with E-state index in [9.17, 15) is 9.59 Å². The van der Waals surface area contributed by atoms with E-state index >= 15 is 0 Å². The van der Waals surface area contributed by atoms with Crippen LogP contribution in [-0.4, -0.2) is 22.2 Å². The molecule has 0 radical (unpaired) electrons. The molecule has 3 aromatic rings. The van der Waals surface area contributed by atoms with Crippen LogP contribution in [0.5, 0.6) is 0 Å². The molecule has 0 aliphatic heterocycles. The Morgan fingerprint density at radius 3 is 2.61 bits per heavy atom. The minimum atomic E-state index is -0.144. The fourth-order valence-corrected chi connectivity index (χ4v) is 5.01. The molecule has 1 aromatic heterocycles. The first-order valence-corrected chi connectivity index (χ1v) is 13.8. The molecule has 0 saturated heterocycles. The van der Waals surface area contributed by atoms with Crippen LogP contribution in [0.15, 0.2) is 60.7 Å². The molecule has 1 aliphatic rings. The molecule has 1 aliphatic carbocycles. The molecule has 38 heavy (non-hydrogen) atoms. The maximum atomic E-state index is 13.0. The molecule has 1 heterocycles. The number of carbonyl (C=O) groups excluding carboxylic acids is 2. The van der Waals surface area contributed by atoms with Crippen LogP contribution in [0.25, 0.3) is 23.4 Å². The number of fused-ring (bicyclic) bond motifs is 1. The molecule has 0 fully saturated rings. The van der Waals surface area contributed by atoms with E-state index < -0.39 is 0 Å². The van der Waals surface area contributed by atoms with Crippen molar-refractivity contribution in [2.24, 2.45) is 0 Å². The molecule has 1 N–H and O–H groups in total. The van der Waals surface area contributed by atoms with Gasteiger partial charge in [0.05, 0.1) is 28.8 Å². The average Bonchev–Trinajstić information content (AvgIpc) is 3.13. The minimum Gasteiger partial charge on any atom is -0.346 e. The molecule has 6 heteroatoms. The maximum Gasteiger partial charge on any atom is 0.244 e. The van der Waals surface area contributed by atoms with Crippen molar-refractivity contribution in [1.29, 1.82) is 0 Å². The fraction of sp³-hybridized carbons (Fsp3) is 0.312. The van der Waals surface area contributed by atoms with Gasteiger partial charge in [-0.15, -0.1) is 0 Å². The van der Waals surface area contributed by atoms with Crippen LogP contribution in [0.1, 0.15) is 79.7 Å². The van der Waals surface area contributed by atoms with Crippen molar-refractivity contribution in [3.8, 4) is 11.3 Å². The van der Waals surface area contributed by atoms with Gasteiger partial charge in [0.2, 0.25) is 5.91 Å². The molecule has 196 valence electrons. The van der Waals surface area contributed by atoms with Gasteiger partial charge in [0.15, 0.2) is 0 Å². The van der Waals surface area contributed by atoms with Gasteiger partial charge in [-0.25, -0.2) is 9.97 Å². The van der Waals surface area contributed by atoms with Crippen LogP contribution in [0, 0.1) is 0 Å². The summed E-state index contributed by atoms with van der Waals surface area (Å²) in [6.45, 7) is 1.93. The number of aldehydes is 1. The van der Waals surface area contributed by atoms with Crippen molar-refractivity contribution < 1.29 is 9.59 Å². The highest BCUT2D eigenvalue weighted by atomic mass is 35.5. The summed E-state index contributed by atoms with van der Waals surface area (Å²) in [4.78, 5) is 33.7. The van der Waals surface area contributed by atoms with Gasteiger partial charge in [0.1, 0.15) is 6.29 Å². The van der Waals surface area contributed by atoms with Crippen LogP contribution in [0.3, 0.4) is 0 Å². The zero-order valence-electron chi connectivity index (χ0n) is 21.8. The van der Waals surface area contributed by atoms with E-state index in [1.165, 1.54) is 11.1 Å². The third kappa shape index (κ3) is 7.26. The van der Waals surface area contributed by atoms with Crippen molar-refractivity contribution >= 4 is 35.9 Å². The quantitative estimate of drug-likeness (QED) is 0.129. The summed E-state index contributed by atoms with van der Waals surface area (Å²) in [6, 6.07) is 16.0. The lowest BCUT2D eigenvalue weighted by atomic mass is 9.99. The first-order chi connectivity index (χ1) is 18.6. The van der Waals surface area contributed by atoms with Gasteiger partial charge < -0.3 is 10.1 Å². The monoisotopic (exact) mass is 527 g/mol. The molecular formula is C32H34ClN3O2. The Morgan fingerprint density at radius 1 is 1.03 bits per heavy atom. The van der Waals surface area contributed by atoms with Gasteiger partial charge in [-0.1, -0.05) is 60.5 Å². The Bertz CT molecular complexity index is 1310. The van der Waals surface area contributed by atoms with Gasteiger partial charge in [-0.05, 0) is 80.9 Å². The lowest BCUT2D eigenvalue weighted by molar-refractivity contribution is -0.117. The fourth-order valence-electron chi connectivity index (χ4n) is 4.88. The molecule has 5 nitrogen and oxygen atoms in total. The predicted molar refractivity (Wildman–Crippen MR) is 155 cm³/mol. The van der Waals surface area contributed by atoms with Gasteiger partial charge >= 0.3 is 0 Å². The van der Waals surface area contributed by atoms with Crippen LogP contribution in [0.2, 0.25) is 5.02 Å². The van der Waals surface area contributed by atoms with E-state index in [2.05, 4.69) is 23.5 Å². The second-order valence-corrected chi connectivity index (χ2v) is 9.98. The highest BCUT2D eigenvalue weighted by Gasteiger charge is 2.19. The number of allylic oxidation sites excluding steroid dienone is 1. The summed E-state index contributed by atoms with van der Waals surface area (Å²) in [5, 5.41) is 3.86. The number of amides is 1. The highest BCUT2D eigenvalue weighted by Crippen LogP contribution is 2.29. The lowest BCUT2D eigenvalue weighted by Gasteiger charge is -2.18. The number of nitrogens with zero attached hydrogens (tertiary/aromatic N) is 2. The highest BCUT2D eigenvalue weighted by molar-refractivity contribution is 6.30. The molecule has 4 rings (SSSR count). The SMILES string of the molecule is C/C=C\c1nc(-c2ccc(Cl)cc2)c(CCCCC=O)nc1/C=C/C(=O)NC1CCCCc2ccccc21. The number of unbranched alkanes of at least 4 members (excludes halogenated alkanes) is 2. The molecule has 0 spiro atoms. The summed E-state index contributed by atoms with van der Waals surface area (Å²) in [7, 11) is 0. The number of halogens is 1. The second kappa shape index (κ2) is 13.8. The van der Waals surface area contributed by atoms with Crippen LogP contribution >= 0.6 is 11.6 Å². The van der Waals surface area contributed by atoms with Crippen molar-refractivity contribution in [3.63, 3.8) is 0 Å². The van der Waals surface area contributed by atoms with Crippen molar-refractivity contribution in [3.05, 3.63) is 93.9 Å². The second-order valence-electron chi connectivity index (χ2n) is 9.55. The smallest absolute Gasteiger partial charge is 0.244 e. The summed E-state index contributed by atoms with van der Waals surface area (Å²) in [5.41, 5.74) is 6.42. The third-order valence-electron chi connectivity index (χ3n) is 6.78. The van der Waals surface area contributed by atoms with Crippen molar-refractivity contribution in [2.75, 3.05) is 0 Å². The van der Waals surface area contributed by atoms with Crippen LogP contribution in [-0.2, 0) is 22.4 Å². The molecule has 2 aromatic carbocycles. The van der Waals surface area contributed by atoms with E-state index in [4.69, 9.17) is 21.6 Å². The van der Waals surface area contributed by atoms with Gasteiger partial charge in [-0.3, -0.25) is 4.79 Å². The Labute approximate surface area is 230 Å². The number of benzene rings is 2. The number of hydrogen-bond acceptors (Lipinski definition) is 4. The summed E-state index contributed by atoms with van der Waals surface area (Å²) in [6.07, 6.45) is 15.1. The van der Waals surface area contributed by atoms with E-state index in [1.807, 2.05) is 49.4 Å². The van der Waals surface area contributed by atoms with Gasteiger partial charge in [0, 0.05) is 23.1 Å². The van der Waals surface area contributed by atoms with Crippen molar-refractivity contribution in [2.45, 2.75) is 64.3 Å². The summed E-state index contributed by atoms with van der Waals surface area (Å²) >= 11 is 6.11. The Morgan fingerprint density at radius 2 is 1.82 bits per heavy atom. The third-order valence-corrected chi connectivity index (χ3v) is 7.03. The standard InChI is InChI=1S/C32H34ClN3O2/c1-2-10-28-29(20-21-31(38)35-27-14-8-6-12-23-11-5-7-13-26(23)27)34-30(15-4-3-9-22-37)32(36-28)24-16-18-25(33)19-17-24/h2,5,7,10-11,13,16-22,27H,3-4,6,8-9,12,14-15H2,1H3,(H,35,38)/b10-2-,21-20+. The average molecular weight is 528 g/mol. The minimum absolute atomic E-state index is 0.00704. The van der Waals surface area contributed by atoms with Crippen LogP contribution in [0.4, 0.5) is 0 Å². The van der Waals surface area contributed by atoms with Gasteiger partial charge in [0.25, 0.3) is 0 Å². The molecular weight excluding hydrogens is 494 g/mol. The molecule has 1 atom stereocenters. The molecule has 1 amide bonds. The first-order valence-electron chi connectivity index (χ1n) is 13.4. The zero-order chi connectivity index (χ0) is 26.7. The summed E-state index contributed by atoms with van der Waals surface area (Å²) < 4.78 is 0. The van der Waals surface area contributed by atoms with Crippen LogP contribution < -0.4 is 5.32 Å².